The van der Waals surface area contributed by atoms with Crippen LogP contribution < -0.4 is 4.90 Å². The first kappa shape index (κ1) is 11.1. The van der Waals surface area contributed by atoms with Crippen molar-refractivity contribution in [1.29, 1.82) is 0 Å². The maximum atomic E-state index is 9.35. The van der Waals surface area contributed by atoms with Crippen LogP contribution in [0, 0.1) is 0 Å². The molecule has 0 heterocycles. The summed E-state index contributed by atoms with van der Waals surface area (Å²) in [5.74, 6) is 0. The van der Waals surface area contributed by atoms with Crippen LogP contribution in [0.5, 0.6) is 0 Å². The summed E-state index contributed by atoms with van der Waals surface area (Å²) in [6, 6.07) is 8.10. The van der Waals surface area contributed by atoms with Crippen LogP contribution >= 0.6 is 0 Å². The number of anilines is 1. The van der Waals surface area contributed by atoms with E-state index in [4.69, 9.17) is 0 Å². The molecule has 0 aromatic heterocycles. The molecule has 0 unspecified atom stereocenters. The van der Waals surface area contributed by atoms with Crippen LogP contribution in [0.15, 0.2) is 24.3 Å². The average molecular weight is 193 g/mol. The second-order valence-electron chi connectivity index (χ2n) is 3.44. The lowest BCUT2D eigenvalue weighted by molar-refractivity contribution is 0.199. The Morgan fingerprint density at radius 2 is 1.64 bits per heavy atom. The van der Waals surface area contributed by atoms with Crippen LogP contribution in [0.4, 0.5) is 5.69 Å². The number of benzene rings is 1. The largest absolute Gasteiger partial charge is 0.389 e. The molecule has 1 aromatic rings. The van der Waals surface area contributed by atoms with Gasteiger partial charge in [-0.2, -0.15) is 0 Å². The van der Waals surface area contributed by atoms with Crippen molar-refractivity contribution in [3.8, 4) is 0 Å². The van der Waals surface area contributed by atoms with Crippen molar-refractivity contribution in [3.63, 3.8) is 0 Å². The van der Waals surface area contributed by atoms with Gasteiger partial charge in [0.25, 0.3) is 0 Å². The fourth-order valence-corrected chi connectivity index (χ4v) is 1.55. The molecule has 1 aromatic carbocycles. The van der Waals surface area contributed by atoms with E-state index in [1.54, 1.807) is 6.92 Å². The van der Waals surface area contributed by atoms with Crippen molar-refractivity contribution in [1.82, 2.24) is 0 Å². The van der Waals surface area contributed by atoms with E-state index >= 15 is 0 Å². The Bertz CT molecular complexity index is 262. The standard InChI is InChI=1S/C12H19NO/c1-4-13(5-2)12-8-6-11(7-9-12)10(3)14/h6-10,14H,4-5H2,1-3H3/t10-/m1/s1. The zero-order chi connectivity index (χ0) is 10.6. The van der Waals surface area contributed by atoms with Crippen molar-refractivity contribution in [3.05, 3.63) is 29.8 Å². The molecule has 1 rings (SSSR count). The fourth-order valence-electron chi connectivity index (χ4n) is 1.55. The molecule has 0 saturated carbocycles. The minimum absolute atomic E-state index is 0.374. The zero-order valence-corrected chi connectivity index (χ0v) is 9.20. The van der Waals surface area contributed by atoms with Gasteiger partial charge >= 0.3 is 0 Å². The van der Waals surface area contributed by atoms with Gasteiger partial charge in [-0.05, 0) is 38.5 Å². The minimum atomic E-state index is -0.374. The Labute approximate surface area is 86.2 Å². The third kappa shape index (κ3) is 2.48. The first-order chi connectivity index (χ1) is 6.69. The average Bonchev–Trinajstić information content (AvgIpc) is 2.20. The molecule has 0 spiro atoms. The van der Waals surface area contributed by atoms with Gasteiger partial charge in [-0.25, -0.2) is 0 Å². The van der Waals surface area contributed by atoms with Crippen LogP contribution in [-0.2, 0) is 0 Å². The quantitative estimate of drug-likeness (QED) is 0.794. The SMILES string of the molecule is CCN(CC)c1ccc([C@@H](C)O)cc1. The lowest BCUT2D eigenvalue weighted by Gasteiger charge is -2.21. The van der Waals surface area contributed by atoms with E-state index in [2.05, 4.69) is 30.9 Å². The van der Waals surface area contributed by atoms with E-state index in [-0.39, 0.29) is 6.10 Å². The normalized spacial score (nSPS) is 12.6. The van der Waals surface area contributed by atoms with Crippen molar-refractivity contribution in [2.45, 2.75) is 26.9 Å². The fraction of sp³-hybridized carbons (Fsp3) is 0.500. The molecule has 0 aliphatic rings. The Kier molecular flexibility index (Phi) is 3.96. The van der Waals surface area contributed by atoms with Crippen molar-refractivity contribution >= 4 is 5.69 Å². The van der Waals surface area contributed by atoms with Crippen molar-refractivity contribution in [2.24, 2.45) is 0 Å². The first-order valence-corrected chi connectivity index (χ1v) is 5.22. The molecule has 0 aliphatic heterocycles. The summed E-state index contributed by atoms with van der Waals surface area (Å²) in [7, 11) is 0. The summed E-state index contributed by atoms with van der Waals surface area (Å²) >= 11 is 0. The lowest BCUT2D eigenvalue weighted by atomic mass is 10.1. The van der Waals surface area contributed by atoms with Gasteiger partial charge in [0.15, 0.2) is 0 Å². The summed E-state index contributed by atoms with van der Waals surface area (Å²) in [6.07, 6.45) is -0.374. The molecule has 0 aliphatic carbocycles. The van der Waals surface area contributed by atoms with Gasteiger partial charge in [-0.3, -0.25) is 0 Å². The number of nitrogens with zero attached hydrogens (tertiary/aromatic N) is 1. The molecule has 0 saturated heterocycles. The van der Waals surface area contributed by atoms with Gasteiger partial charge in [-0.15, -0.1) is 0 Å². The first-order valence-electron chi connectivity index (χ1n) is 5.22. The van der Waals surface area contributed by atoms with Crippen molar-refractivity contribution < 1.29 is 5.11 Å². The smallest absolute Gasteiger partial charge is 0.0761 e. The Morgan fingerprint density at radius 1 is 1.14 bits per heavy atom. The van der Waals surface area contributed by atoms with Gasteiger partial charge in [-0.1, -0.05) is 12.1 Å². The van der Waals surface area contributed by atoms with Crippen LogP contribution in [0.1, 0.15) is 32.4 Å². The highest BCUT2D eigenvalue weighted by Crippen LogP contribution is 2.18. The Morgan fingerprint density at radius 3 is 2.00 bits per heavy atom. The topological polar surface area (TPSA) is 23.5 Å². The maximum absolute atomic E-state index is 9.35. The number of hydrogen-bond acceptors (Lipinski definition) is 2. The predicted octanol–water partition coefficient (Wildman–Crippen LogP) is 2.59. The molecule has 1 atom stereocenters. The molecule has 1 N–H and O–H groups in total. The Hall–Kier alpha value is -1.02. The molecule has 2 heteroatoms. The highest BCUT2D eigenvalue weighted by Gasteiger charge is 2.03. The number of aliphatic hydroxyl groups excluding tert-OH is 1. The zero-order valence-electron chi connectivity index (χ0n) is 9.20. The van der Waals surface area contributed by atoms with E-state index in [1.165, 1.54) is 5.69 Å². The Balaban J connectivity index is 2.81. The van der Waals surface area contributed by atoms with Crippen molar-refractivity contribution in [2.75, 3.05) is 18.0 Å². The highest BCUT2D eigenvalue weighted by atomic mass is 16.3. The third-order valence-corrected chi connectivity index (χ3v) is 2.50. The van der Waals surface area contributed by atoms with E-state index in [0.717, 1.165) is 18.7 Å². The number of aliphatic hydroxyl groups is 1. The molecule has 14 heavy (non-hydrogen) atoms. The lowest BCUT2D eigenvalue weighted by Crippen LogP contribution is -2.21. The summed E-state index contributed by atoms with van der Waals surface area (Å²) < 4.78 is 0. The highest BCUT2D eigenvalue weighted by molar-refractivity contribution is 5.47. The molecular weight excluding hydrogens is 174 g/mol. The van der Waals surface area contributed by atoms with Gasteiger partial charge in [0.05, 0.1) is 6.10 Å². The predicted molar refractivity (Wildman–Crippen MR) is 60.6 cm³/mol. The molecule has 78 valence electrons. The van der Waals surface area contributed by atoms with Crippen LogP contribution in [0.25, 0.3) is 0 Å². The van der Waals surface area contributed by atoms with Gasteiger partial charge in [0, 0.05) is 18.8 Å². The molecular formula is C12H19NO. The van der Waals surface area contributed by atoms with Crippen LogP contribution in [0.3, 0.4) is 0 Å². The minimum Gasteiger partial charge on any atom is -0.389 e. The molecule has 0 amide bonds. The van der Waals surface area contributed by atoms with Gasteiger partial charge in [0.1, 0.15) is 0 Å². The van der Waals surface area contributed by atoms with Crippen LogP contribution in [-0.4, -0.2) is 18.2 Å². The van der Waals surface area contributed by atoms with Gasteiger partial charge in [0.2, 0.25) is 0 Å². The summed E-state index contributed by atoms with van der Waals surface area (Å²) in [4.78, 5) is 2.28. The summed E-state index contributed by atoms with van der Waals surface area (Å²) in [6.45, 7) is 8.11. The summed E-state index contributed by atoms with van der Waals surface area (Å²) in [5, 5.41) is 9.35. The second-order valence-corrected chi connectivity index (χ2v) is 3.44. The van der Waals surface area contributed by atoms with E-state index in [1.807, 2.05) is 12.1 Å². The summed E-state index contributed by atoms with van der Waals surface area (Å²) in [5.41, 5.74) is 2.19. The van der Waals surface area contributed by atoms with E-state index < -0.39 is 0 Å². The van der Waals surface area contributed by atoms with E-state index in [0.29, 0.717) is 0 Å². The maximum Gasteiger partial charge on any atom is 0.0761 e. The number of hydrogen-bond donors (Lipinski definition) is 1. The van der Waals surface area contributed by atoms with E-state index in [9.17, 15) is 5.11 Å². The molecule has 0 bridgehead atoms. The number of rotatable bonds is 4. The second kappa shape index (κ2) is 5.01. The van der Waals surface area contributed by atoms with Crippen LogP contribution in [0.2, 0.25) is 0 Å². The third-order valence-electron chi connectivity index (χ3n) is 2.50. The monoisotopic (exact) mass is 193 g/mol. The molecule has 0 fully saturated rings. The molecule has 0 radical (unpaired) electrons. The molecule has 2 nitrogen and oxygen atoms in total. The van der Waals surface area contributed by atoms with Gasteiger partial charge < -0.3 is 10.0 Å².